The van der Waals surface area contributed by atoms with Crippen LogP contribution in [0.3, 0.4) is 0 Å². The molecule has 2 aromatic carbocycles. The summed E-state index contributed by atoms with van der Waals surface area (Å²) in [7, 11) is 1.61. The van der Waals surface area contributed by atoms with Gasteiger partial charge in [0, 0.05) is 36.2 Å². The molecular formula is C23H25ClN2O4S. The van der Waals surface area contributed by atoms with Gasteiger partial charge >= 0.3 is 0 Å². The molecule has 0 unspecified atom stereocenters. The molecule has 1 aromatic heterocycles. The molecule has 164 valence electrons. The number of aliphatic hydroxyl groups excluding tert-OH is 1. The molecule has 8 heteroatoms. The van der Waals surface area contributed by atoms with Crippen LogP contribution in [0.15, 0.2) is 53.9 Å². The first-order valence-corrected chi connectivity index (χ1v) is 11.1. The van der Waals surface area contributed by atoms with Crippen molar-refractivity contribution in [2.24, 2.45) is 0 Å². The fraction of sp³-hybridized carbons (Fsp3) is 0.304. The molecule has 1 amide bonds. The van der Waals surface area contributed by atoms with E-state index in [4.69, 9.17) is 21.1 Å². The molecule has 0 fully saturated rings. The fourth-order valence-electron chi connectivity index (χ4n) is 3.02. The van der Waals surface area contributed by atoms with Gasteiger partial charge in [-0.25, -0.2) is 4.98 Å². The monoisotopic (exact) mass is 460 g/mol. The molecule has 0 saturated heterocycles. The van der Waals surface area contributed by atoms with Crippen LogP contribution in [0.25, 0.3) is 0 Å². The van der Waals surface area contributed by atoms with E-state index in [-0.39, 0.29) is 19.1 Å². The molecule has 1 N–H and O–H groups in total. The summed E-state index contributed by atoms with van der Waals surface area (Å²) in [6.45, 7) is 1.42. The van der Waals surface area contributed by atoms with Gasteiger partial charge in [-0.15, -0.1) is 11.3 Å². The predicted molar refractivity (Wildman–Crippen MR) is 121 cm³/mol. The Balaban J connectivity index is 1.74. The van der Waals surface area contributed by atoms with E-state index in [0.29, 0.717) is 42.6 Å². The topological polar surface area (TPSA) is 71.9 Å². The summed E-state index contributed by atoms with van der Waals surface area (Å²) >= 11 is 7.66. The van der Waals surface area contributed by atoms with Gasteiger partial charge in [0.15, 0.2) is 0 Å². The van der Waals surface area contributed by atoms with Gasteiger partial charge in [-0.3, -0.25) is 4.79 Å². The largest absolute Gasteiger partial charge is 0.486 e. The number of rotatable bonds is 11. The van der Waals surface area contributed by atoms with Gasteiger partial charge in [0.25, 0.3) is 0 Å². The van der Waals surface area contributed by atoms with Crippen molar-refractivity contribution in [1.29, 1.82) is 0 Å². The maximum absolute atomic E-state index is 13.0. The van der Waals surface area contributed by atoms with E-state index in [0.717, 1.165) is 16.1 Å². The van der Waals surface area contributed by atoms with E-state index in [1.807, 2.05) is 36.4 Å². The molecule has 1 heterocycles. The summed E-state index contributed by atoms with van der Waals surface area (Å²) in [6.07, 6.45) is 0.310. The number of benzene rings is 2. The van der Waals surface area contributed by atoms with Crippen molar-refractivity contribution in [3.8, 4) is 5.75 Å². The van der Waals surface area contributed by atoms with Crippen molar-refractivity contribution >= 4 is 28.8 Å². The van der Waals surface area contributed by atoms with E-state index < -0.39 is 0 Å². The summed E-state index contributed by atoms with van der Waals surface area (Å²) in [5.41, 5.74) is 2.39. The van der Waals surface area contributed by atoms with Crippen LogP contribution in [-0.2, 0) is 35.7 Å². The van der Waals surface area contributed by atoms with Gasteiger partial charge in [-0.05, 0) is 23.8 Å². The number of aliphatic hydroxyl groups is 1. The first kappa shape index (κ1) is 23.2. The average Bonchev–Trinajstić information content (AvgIpc) is 3.25. The maximum atomic E-state index is 13.0. The maximum Gasteiger partial charge on any atom is 0.227 e. The number of halogens is 1. The quantitative estimate of drug-likeness (QED) is 0.466. The highest BCUT2D eigenvalue weighted by atomic mass is 35.5. The third kappa shape index (κ3) is 7.04. The minimum absolute atomic E-state index is 0.00156. The zero-order chi connectivity index (χ0) is 22.1. The number of methoxy groups -OCH3 is 1. The number of hydrogen-bond acceptors (Lipinski definition) is 6. The molecule has 0 spiro atoms. The van der Waals surface area contributed by atoms with Crippen LogP contribution < -0.4 is 4.74 Å². The minimum Gasteiger partial charge on any atom is -0.486 e. The van der Waals surface area contributed by atoms with Gasteiger partial charge < -0.3 is 19.5 Å². The summed E-state index contributed by atoms with van der Waals surface area (Å²) in [5.74, 6) is 0.641. The summed E-state index contributed by atoms with van der Waals surface area (Å²) in [4.78, 5) is 19.1. The highest BCUT2D eigenvalue weighted by molar-refractivity contribution is 7.09. The Labute approximate surface area is 191 Å². The van der Waals surface area contributed by atoms with E-state index in [2.05, 4.69) is 4.98 Å². The second-order valence-corrected chi connectivity index (χ2v) is 8.28. The van der Waals surface area contributed by atoms with Gasteiger partial charge in [-0.2, -0.15) is 0 Å². The lowest BCUT2D eigenvalue weighted by Crippen LogP contribution is -2.34. The lowest BCUT2D eigenvalue weighted by molar-refractivity contribution is -0.131. The summed E-state index contributed by atoms with van der Waals surface area (Å²) < 4.78 is 11.2. The molecule has 0 radical (unpaired) electrons. The van der Waals surface area contributed by atoms with Crippen LogP contribution in [0.1, 0.15) is 21.8 Å². The number of ether oxygens (including phenoxy) is 2. The number of thiazole rings is 1. The zero-order valence-electron chi connectivity index (χ0n) is 17.3. The van der Waals surface area contributed by atoms with Crippen molar-refractivity contribution in [2.45, 2.75) is 26.2 Å². The molecule has 3 aromatic rings. The lowest BCUT2D eigenvalue weighted by atomic mass is 10.1. The highest BCUT2D eigenvalue weighted by Crippen LogP contribution is 2.26. The van der Waals surface area contributed by atoms with Crippen LogP contribution in [-0.4, -0.2) is 41.2 Å². The number of aromatic nitrogens is 1. The number of carbonyl (C=O) groups is 1. The van der Waals surface area contributed by atoms with Crippen LogP contribution in [0.4, 0.5) is 0 Å². The second-order valence-electron chi connectivity index (χ2n) is 6.90. The summed E-state index contributed by atoms with van der Waals surface area (Å²) in [5, 5.41) is 12.3. The van der Waals surface area contributed by atoms with Crippen LogP contribution in [0.5, 0.6) is 5.75 Å². The third-order valence-electron chi connectivity index (χ3n) is 4.61. The Kier molecular flexibility index (Phi) is 8.85. The van der Waals surface area contributed by atoms with E-state index in [1.54, 1.807) is 29.5 Å². The SMILES string of the molecule is COCCN(Cc1cc(Cl)ccc1OCc1nc(CO)cs1)C(=O)Cc1ccccc1. The van der Waals surface area contributed by atoms with Crippen molar-refractivity contribution in [1.82, 2.24) is 9.88 Å². The zero-order valence-corrected chi connectivity index (χ0v) is 18.9. The predicted octanol–water partition coefficient (Wildman–Crippen LogP) is 4.09. The number of nitrogens with zero attached hydrogens (tertiary/aromatic N) is 2. The van der Waals surface area contributed by atoms with Gasteiger partial charge in [0.05, 0.1) is 25.3 Å². The van der Waals surface area contributed by atoms with Gasteiger partial charge in [0.2, 0.25) is 5.91 Å². The van der Waals surface area contributed by atoms with E-state index in [9.17, 15) is 9.90 Å². The third-order valence-corrected chi connectivity index (χ3v) is 5.72. The van der Waals surface area contributed by atoms with Crippen molar-refractivity contribution < 1.29 is 19.4 Å². The van der Waals surface area contributed by atoms with Crippen molar-refractivity contribution in [2.75, 3.05) is 20.3 Å². The standard InChI is InChI=1S/C23H25ClN2O4S/c1-29-10-9-26(23(28)11-17-5-3-2-4-6-17)13-18-12-19(24)7-8-21(18)30-15-22-25-20(14-27)16-31-22/h2-8,12,16,27H,9-11,13-15H2,1H3. The Bertz CT molecular complexity index is 981. The molecule has 0 saturated carbocycles. The molecule has 6 nitrogen and oxygen atoms in total. The molecule has 0 atom stereocenters. The molecule has 0 aliphatic carbocycles. The molecular weight excluding hydrogens is 436 g/mol. The van der Waals surface area contributed by atoms with Crippen molar-refractivity contribution in [3.05, 3.63) is 80.8 Å². The Morgan fingerprint density at radius 1 is 1.23 bits per heavy atom. The Morgan fingerprint density at radius 2 is 2.03 bits per heavy atom. The number of hydrogen-bond donors (Lipinski definition) is 1. The normalized spacial score (nSPS) is 10.8. The van der Waals surface area contributed by atoms with Gasteiger partial charge in [-0.1, -0.05) is 41.9 Å². The highest BCUT2D eigenvalue weighted by Gasteiger charge is 2.17. The smallest absolute Gasteiger partial charge is 0.227 e. The minimum atomic E-state index is -0.0965. The van der Waals surface area contributed by atoms with Crippen LogP contribution in [0, 0.1) is 0 Å². The molecule has 0 bridgehead atoms. The van der Waals surface area contributed by atoms with Gasteiger partial charge in [0.1, 0.15) is 17.4 Å². The fourth-order valence-corrected chi connectivity index (χ4v) is 3.91. The Morgan fingerprint density at radius 3 is 2.74 bits per heavy atom. The first-order chi connectivity index (χ1) is 15.1. The van der Waals surface area contributed by atoms with E-state index >= 15 is 0 Å². The first-order valence-electron chi connectivity index (χ1n) is 9.85. The average molecular weight is 461 g/mol. The molecule has 31 heavy (non-hydrogen) atoms. The molecule has 0 aliphatic rings. The van der Waals surface area contributed by atoms with E-state index in [1.165, 1.54) is 11.3 Å². The molecule has 3 rings (SSSR count). The Hall–Kier alpha value is -2.45. The molecule has 0 aliphatic heterocycles. The van der Waals surface area contributed by atoms with Crippen LogP contribution >= 0.6 is 22.9 Å². The lowest BCUT2D eigenvalue weighted by Gasteiger charge is -2.24. The number of carbonyl (C=O) groups excluding carboxylic acids is 1. The second kappa shape index (κ2) is 11.8. The summed E-state index contributed by atoms with van der Waals surface area (Å²) in [6, 6.07) is 15.0. The van der Waals surface area contributed by atoms with Crippen LogP contribution in [0.2, 0.25) is 5.02 Å². The van der Waals surface area contributed by atoms with Crippen molar-refractivity contribution in [3.63, 3.8) is 0 Å². The number of amides is 1.